The number of aromatic nitrogens is 2. The van der Waals surface area contributed by atoms with Gasteiger partial charge in [-0.1, -0.05) is 22.5 Å². The van der Waals surface area contributed by atoms with Crippen LogP contribution in [0.15, 0.2) is 26.7 Å². The Hall–Kier alpha value is -1.63. The number of H-pyrrole nitrogens is 2. The summed E-state index contributed by atoms with van der Waals surface area (Å²) in [4.78, 5) is 37.2. The molecule has 80 valence electrons. The average Bonchev–Trinajstić information content (AvgIpc) is 2.12. The maximum atomic E-state index is 11.4. The largest absolute Gasteiger partial charge is 0.346 e. The fraction of sp³-hybridized carbons (Fsp3) is 0.125. The standard InChI is InChI=1S/C8H8BrN3O3/c1-4(9)3-10-7(14)5-2-6(13)12-8(15)11-5/h2H,1,3H2,(H,10,14)(H2,11,12,13,15). The highest BCUT2D eigenvalue weighted by Crippen LogP contribution is 1.97. The number of carbonyl (C=O) groups excluding carboxylic acids is 1. The van der Waals surface area contributed by atoms with Gasteiger partial charge in [0.15, 0.2) is 0 Å². The molecular weight excluding hydrogens is 266 g/mol. The fourth-order valence-corrected chi connectivity index (χ4v) is 1.00. The Balaban J connectivity index is 2.87. The lowest BCUT2D eigenvalue weighted by molar-refractivity contribution is 0.0952. The molecule has 1 aromatic rings. The van der Waals surface area contributed by atoms with E-state index in [2.05, 4.69) is 32.8 Å². The zero-order chi connectivity index (χ0) is 11.4. The van der Waals surface area contributed by atoms with Crippen molar-refractivity contribution in [3.05, 3.63) is 43.7 Å². The third kappa shape index (κ3) is 3.55. The smallest absolute Gasteiger partial charge is 0.326 e. The highest BCUT2D eigenvalue weighted by atomic mass is 79.9. The summed E-state index contributed by atoms with van der Waals surface area (Å²) in [6.45, 7) is 3.73. The molecule has 1 aromatic heterocycles. The van der Waals surface area contributed by atoms with Crippen LogP contribution >= 0.6 is 15.9 Å². The number of hydrogen-bond acceptors (Lipinski definition) is 3. The second-order valence-corrected chi connectivity index (χ2v) is 3.82. The van der Waals surface area contributed by atoms with Crippen molar-refractivity contribution in [2.24, 2.45) is 0 Å². The van der Waals surface area contributed by atoms with Crippen molar-refractivity contribution in [2.75, 3.05) is 6.54 Å². The van der Waals surface area contributed by atoms with Gasteiger partial charge in [-0.05, 0) is 0 Å². The first kappa shape index (κ1) is 11.4. The number of amides is 1. The minimum atomic E-state index is -0.717. The molecule has 1 rings (SSSR count). The molecule has 0 saturated carbocycles. The van der Waals surface area contributed by atoms with Crippen molar-refractivity contribution in [1.82, 2.24) is 15.3 Å². The summed E-state index contributed by atoms with van der Waals surface area (Å²) >= 11 is 3.06. The van der Waals surface area contributed by atoms with Crippen molar-refractivity contribution >= 4 is 21.8 Å². The summed E-state index contributed by atoms with van der Waals surface area (Å²) in [5.74, 6) is -0.543. The highest BCUT2D eigenvalue weighted by Gasteiger charge is 2.06. The number of rotatable bonds is 3. The summed E-state index contributed by atoms with van der Waals surface area (Å²) in [7, 11) is 0. The third-order valence-corrected chi connectivity index (χ3v) is 1.73. The quantitative estimate of drug-likeness (QED) is 0.706. The van der Waals surface area contributed by atoms with Gasteiger partial charge in [0.25, 0.3) is 11.5 Å². The molecule has 0 atom stereocenters. The molecule has 0 fully saturated rings. The first-order chi connectivity index (χ1) is 6.99. The molecule has 1 amide bonds. The maximum Gasteiger partial charge on any atom is 0.326 e. The van der Waals surface area contributed by atoms with Gasteiger partial charge in [0.05, 0.1) is 0 Å². The van der Waals surface area contributed by atoms with Crippen LogP contribution in [0.2, 0.25) is 0 Å². The molecule has 0 aliphatic carbocycles. The van der Waals surface area contributed by atoms with Crippen molar-refractivity contribution in [3.63, 3.8) is 0 Å². The zero-order valence-corrected chi connectivity index (χ0v) is 9.18. The van der Waals surface area contributed by atoms with E-state index in [0.29, 0.717) is 4.48 Å². The van der Waals surface area contributed by atoms with Gasteiger partial charge >= 0.3 is 5.69 Å². The van der Waals surface area contributed by atoms with Crippen molar-refractivity contribution < 1.29 is 4.79 Å². The fourth-order valence-electron chi connectivity index (χ4n) is 0.862. The van der Waals surface area contributed by atoms with Crippen molar-refractivity contribution in [1.29, 1.82) is 0 Å². The van der Waals surface area contributed by atoms with Gasteiger partial charge < -0.3 is 10.3 Å². The highest BCUT2D eigenvalue weighted by molar-refractivity contribution is 9.11. The molecule has 0 aliphatic heterocycles. The number of hydrogen-bond donors (Lipinski definition) is 3. The Morgan fingerprint density at radius 3 is 2.67 bits per heavy atom. The zero-order valence-electron chi connectivity index (χ0n) is 7.59. The van der Waals surface area contributed by atoms with Crippen LogP contribution in [0.4, 0.5) is 0 Å². The lowest BCUT2D eigenvalue weighted by atomic mass is 10.4. The Morgan fingerprint density at radius 1 is 1.47 bits per heavy atom. The molecule has 0 radical (unpaired) electrons. The number of nitrogens with one attached hydrogen (secondary N) is 3. The average molecular weight is 274 g/mol. The van der Waals surface area contributed by atoms with Crippen LogP contribution in [0.5, 0.6) is 0 Å². The molecular formula is C8H8BrN3O3. The SMILES string of the molecule is C=C(Br)CNC(=O)c1cc(=O)[nH]c(=O)[nH]1. The first-order valence-corrected chi connectivity index (χ1v) is 4.73. The Morgan fingerprint density at radius 2 is 2.13 bits per heavy atom. The monoisotopic (exact) mass is 273 g/mol. The first-order valence-electron chi connectivity index (χ1n) is 3.94. The van der Waals surface area contributed by atoms with E-state index in [9.17, 15) is 14.4 Å². The van der Waals surface area contributed by atoms with Crippen molar-refractivity contribution in [2.45, 2.75) is 0 Å². The van der Waals surface area contributed by atoms with Gasteiger partial charge in [-0.2, -0.15) is 0 Å². The predicted molar refractivity (Wildman–Crippen MR) is 58.1 cm³/mol. The van der Waals surface area contributed by atoms with Gasteiger partial charge in [-0.25, -0.2) is 4.79 Å². The van der Waals surface area contributed by atoms with E-state index in [4.69, 9.17) is 0 Å². The molecule has 1 heterocycles. The Kier molecular flexibility index (Phi) is 3.62. The lowest BCUT2D eigenvalue weighted by Gasteiger charge is -2.02. The lowest BCUT2D eigenvalue weighted by Crippen LogP contribution is -2.31. The minimum Gasteiger partial charge on any atom is -0.346 e. The van der Waals surface area contributed by atoms with E-state index < -0.39 is 17.2 Å². The summed E-state index contributed by atoms with van der Waals surface area (Å²) in [5.41, 5.74) is -1.43. The normalized spacial score (nSPS) is 9.67. The Labute approximate surface area is 92.5 Å². The van der Waals surface area contributed by atoms with Gasteiger partial charge in [0.1, 0.15) is 5.69 Å². The van der Waals surface area contributed by atoms with E-state index in [0.717, 1.165) is 6.07 Å². The second kappa shape index (κ2) is 4.74. The van der Waals surface area contributed by atoms with Gasteiger partial charge in [0, 0.05) is 17.1 Å². The van der Waals surface area contributed by atoms with Crippen LogP contribution < -0.4 is 16.6 Å². The predicted octanol–water partition coefficient (Wildman–Crippen LogP) is -0.298. The summed E-state index contributed by atoms with van der Waals surface area (Å²) in [5, 5.41) is 2.44. The molecule has 0 bridgehead atoms. The molecule has 0 aromatic carbocycles. The van der Waals surface area contributed by atoms with Crippen LogP contribution in [0.25, 0.3) is 0 Å². The minimum absolute atomic E-state index is 0.0856. The molecule has 0 aliphatic rings. The maximum absolute atomic E-state index is 11.4. The van der Waals surface area contributed by atoms with E-state index in [-0.39, 0.29) is 12.2 Å². The van der Waals surface area contributed by atoms with Crippen LogP contribution in [0.3, 0.4) is 0 Å². The molecule has 15 heavy (non-hydrogen) atoms. The second-order valence-electron chi connectivity index (χ2n) is 2.70. The molecule has 3 N–H and O–H groups in total. The van der Waals surface area contributed by atoms with Crippen LogP contribution in [-0.2, 0) is 0 Å². The number of halogens is 1. The van der Waals surface area contributed by atoms with E-state index in [1.165, 1.54) is 0 Å². The molecule has 0 spiro atoms. The van der Waals surface area contributed by atoms with E-state index in [1.54, 1.807) is 0 Å². The molecule has 6 nitrogen and oxygen atoms in total. The summed E-state index contributed by atoms with van der Waals surface area (Å²) < 4.78 is 0.586. The Bertz CT molecular complexity index is 474. The van der Waals surface area contributed by atoms with Crippen LogP contribution in [0.1, 0.15) is 10.5 Å². The van der Waals surface area contributed by atoms with E-state index >= 15 is 0 Å². The molecule has 0 saturated heterocycles. The van der Waals surface area contributed by atoms with Crippen LogP contribution in [0, 0.1) is 0 Å². The molecule has 7 heteroatoms. The summed E-state index contributed by atoms with van der Waals surface area (Å²) in [6.07, 6.45) is 0. The van der Waals surface area contributed by atoms with Gasteiger partial charge in [-0.15, -0.1) is 0 Å². The van der Waals surface area contributed by atoms with Gasteiger partial charge in [0.2, 0.25) is 0 Å². The molecule has 0 unspecified atom stereocenters. The van der Waals surface area contributed by atoms with Gasteiger partial charge in [-0.3, -0.25) is 14.6 Å². The number of aromatic amines is 2. The topological polar surface area (TPSA) is 94.8 Å². The van der Waals surface area contributed by atoms with Crippen LogP contribution in [-0.4, -0.2) is 22.4 Å². The third-order valence-electron chi connectivity index (χ3n) is 1.45. The van der Waals surface area contributed by atoms with E-state index in [1.807, 2.05) is 4.98 Å². The van der Waals surface area contributed by atoms with Crippen molar-refractivity contribution in [3.8, 4) is 0 Å². The number of carbonyl (C=O) groups is 1. The summed E-state index contributed by atoms with van der Waals surface area (Å²) in [6, 6.07) is 1.01.